The SMILES string of the molecule is [N-]=[N+]=Nc1nc(Cl)ncc1Br. The van der Waals surface area contributed by atoms with Crippen LogP contribution >= 0.6 is 27.5 Å². The Morgan fingerprint density at radius 2 is 2.45 bits per heavy atom. The van der Waals surface area contributed by atoms with Crippen molar-refractivity contribution in [3.8, 4) is 0 Å². The average Bonchev–Trinajstić information content (AvgIpc) is 1.98. The molecule has 0 amide bonds. The third-order valence-corrected chi connectivity index (χ3v) is 1.58. The van der Waals surface area contributed by atoms with Gasteiger partial charge in [-0.3, -0.25) is 0 Å². The highest BCUT2D eigenvalue weighted by Crippen LogP contribution is 2.22. The van der Waals surface area contributed by atoms with Crippen LogP contribution in [0.25, 0.3) is 10.4 Å². The minimum atomic E-state index is 0.0515. The Hall–Kier alpha value is -0.840. The van der Waals surface area contributed by atoms with Gasteiger partial charge in [-0.15, -0.1) is 0 Å². The summed E-state index contributed by atoms with van der Waals surface area (Å²) in [5.74, 6) is 0.188. The molecule has 0 aliphatic rings. The van der Waals surface area contributed by atoms with E-state index < -0.39 is 0 Å². The largest absolute Gasteiger partial charge is 0.225 e. The van der Waals surface area contributed by atoms with E-state index in [1.54, 1.807) is 0 Å². The monoisotopic (exact) mass is 233 g/mol. The smallest absolute Gasteiger partial charge is 0.222 e. The van der Waals surface area contributed by atoms with Crippen molar-refractivity contribution in [2.45, 2.75) is 0 Å². The second-order valence-corrected chi connectivity index (χ2v) is 2.69. The van der Waals surface area contributed by atoms with Crippen LogP contribution in [0.15, 0.2) is 15.8 Å². The van der Waals surface area contributed by atoms with Gasteiger partial charge in [-0.1, -0.05) is 0 Å². The molecule has 0 fully saturated rings. The molecule has 0 radical (unpaired) electrons. The number of azide groups is 1. The van der Waals surface area contributed by atoms with Gasteiger partial charge in [0.05, 0.1) is 4.47 Å². The van der Waals surface area contributed by atoms with Gasteiger partial charge in [0.15, 0.2) is 0 Å². The number of hydrogen-bond acceptors (Lipinski definition) is 3. The second kappa shape index (κ2) is 3.52. The molecule has 0 N–H and O–H groups in total. The maximum atomic E-state index is 8.07. The van der Waals surface area contributed by atoms with E-state index in [4.69, 9.17) is 17.1 Å². The Labute approximate surface area is 75.2 Å². The summed E-state index contributed by atoms with van der Waals surface area (Å²) in [6, 6.07) is 0. The first-order valence-corrected chi connectivity index (χ1v) is 3.64. The van der Waals surface area contributed by atoms with Crippen molar-refractivity contribution in [2.75, 3.05) is 0 Å². The minimum absolute atomic E-state index is 0.0515. The fourth-order valence-corrected chi connectivity index (χ4v) is 0.849. The van der Waals surface area contributed by atoms with Crippen molar-refractivity contribution < 1.29 is 0 Å². The van der Waals surface area contributed by atoms with Crippen LogP contribution < -0.4 is 0 Å². The van der Waals surface area contributed by atoms with Crippen molar-refractivity contribution in [1.29, 1.82) is 0 Å². The number of rotatable bonds is 1. The highest BCUT2D eigenvalue weighted by molar-refractivity contribution is 9.10. The molecule has 1 aromatic heterocycles. The summed E-state index contributed by atoms with van der Waals surface area (Å²) in [5.41, 5.74) is 8.07. The van der Waals surface area contributed by atoms with E-state index in [9.17, 15) is 0 Å². The zero-order valence-corrected chi connectivity index (χ0v) is 7.41. The van der Waals surface area contributed by atoms with Gasteiger partial charge in [-0.05, 0) is 38.2 Å². The highest BCUT2D eigenvalue weighted by Gasteiger charge is 1.99. The van der Waals surface area contributed by atoms with Crippen molar-refractivity contribution in [3.05, 3.63) is 26.4 Å². The first-order valence-electron chi connectivity index (χ1n) is 2.47. The minimum Gasteiger partial charge on any atom is -0.225 e. The molecule has 0 spiro atoms. The normalized spacial score (nSPS) is 8.91. The van der Waals surface area contributed by atoms with Crippen molar-refractivity contribution in [2.24, 2.45) is 5.11 Å². The molecule has 0 atom stereocenters. The van der Waals surface area contributed by atoms with E-state index in [1.807, 2.05) is 0 Å². The predicted molar refractivity (Wildman–Crippen MR) is 43.5 cm³/mol. The van der Waals surface area contributed by atoms with Crippen molar-refractivity contribution in [1.82, 2.24) is 9.97 Å². The van der Waals surface area contributed by atoms with Crippen molar-refractivity contribution >= 4 is 33.3 Å². The van der Waals surface area contributed by atoms with E-state index in [0.29, 0.717) is 4.47 Å². The van der Waals surface area contributed by atoms with Crippen LogP contribution in [0.5, 0.6) is 0 Å². The zero-order chi connectivity index (χ0) is 8.27. The van der Waals surface area contributed by atoms with Gasteiger partial charge in [0.2, 0.25) is 5.28 Å². The lowest BCUT2D eigenvalue weighted by Gasteiger charge is -1.93. The first kappa shape index (κ1) is 8.26. The van der Waals surface area contributed by atoms with E-state index in [2.05, 4.69) is 35.9 Å². The lowest BCUT2D eigenvalue weighted by atomic mass is 10.6. The maximum Gasteiger partial charge on any atom is 0.222 e. The summed E-state index contributed by atoms with van der Waals surface area (Å²) in [5, 5.41) is 3.32. The van der Waals surface area contributed by atoms with Crippen LogP contribution in [-0.4, -0.2) is 9.97 Å². The predicted octanol–water partition coefficient (Wildman–Crippen LogP) is 2.83. The Kier molecular flexibility index (Phi) is 2.64. The number of hydrogen-bond donors (Lipinski definition) is 0. The summed E-state index contributed by atoms with van der Waals surface area (Å²) in [6.07, 6.45) is 1.42. The Bertz CT molecular complexity index is 320. The molecule has 7 heteroatoms. The molecule has 1 aromatic rings. The molecule has 0 aromatic carbocycles. The summed E-state index contributed by atoms with van der Waals surface area (Å²) >= 11 is 8.51. The van der Waals surface area contributed by atoms with Crippen LogP contribution in [0.1, 0.15) is 0 Å². The Morgan fingerprint density at radius 3 is 3.09 bits per heavy atom. The number of nitrogens with zero attached hydrogens (tertiary/aromatic N) is 5. The van der Waals surface area contributed by atoms with Gasteiger partial charge in [0.1, 0.15) is 5.82 Å². The second-order valence-electron chi connectivity index (χ2n) is 1.50. The zero-order valence-electron chi connectivity index (χ0n) is 5.07. The molecule has 0 aliphatic heterocycles. The molecule has 1 rings (SSSR count). The van der Waals surface area contributed by atoms with Crippen LogP contribution in [0.3, 0.4) is 0 Å². The topological polar surface area (TPSA) is 74.5 Å². The highest BCUT2D eigenvalue weighted by atomic mass is 79.9. The van der Waals surface area contributed by atoms with E-state index in [1.165, 1.54) is 6.20 Å². The third-order valence-electron chi connectivity index (χ3n) is 0.836. The van der Waals surface area contributed by atoms with E-state index in [-0.39, 0.29) is 11.1 Å². The van der Waals surface area contributed by atoms with Crippen LogP contribution in [0.4, 0.5) is 5.82 Å². The van der Waals surface area contributed by atoms with Gasteiger partial charge >= 0.3 is 0 Å². The Balaban J connectivity index is 3.22. The molecule has 0 bridgehead atoms. The van der Waals surface area contributed by atoms with E-state index >= 15 is 0 Å². The van der Waals surface area contributed by atoms with Crippen LogP contribution in [-0.2, 0) is 0 Å². The molecular weight excluding hydrogens is 233 g/mol. The van der Waals surface area contributed by atoms with Gasteiger partial charge in [0.25, 0.3) is 0 Å². The summed E-state index contributed by atoms with van der Waals surface area (Å²) in [7, 11) is 0. The fraction of sp³-hybridized carbons (Fsp3) is 0. The number of halogens is 2. The average molecular weight is 234 g/mol. The molecular formula is C4HBrClN5. The Morgan fingerprint density at radius 1 is 1.73 bits per heavy atom. The summed E-state index contributed by atoms with van der Waals surface area (Å²) in [6.45, 7) is 0. The maximum absolute atomic E-state index is 8.07. The molecule has 1 heterocycles. The molecule has 56 valence electrons. The lowest BCUT2D eigenvalue weighted by molar-refractivity contribution is 1.13. The number of aromatic nitrogens is 2. The van der Waals surface area contributed by atoms with Crippen molar-refractivity contribution in [3.63, 3.8) is 0 Å². The summed E-state index contributed by atoms with van der Waals surface area (Å²) < 4.78 is 0.514. The third kappa shape index (κ3) is 2.04. The fourth-order valence-electron chi connectivity index (χ4n) is 0.450. The van der Waals surface area contributed by atoms with Gasteiger partial charge in [-0.2, -0.15) is 0 Å². The molecule has 11 heavy (non-hydrogen) atoms. The van der Waals surface area contributed by atoms with E-state index in [0.717, 1.165) is 0 Å². The quantitative estimate of drug-likeness (QED) is 0.324. The lowest BCUT2D eigenvalue weighted by Crippen LogP contribution is -1.80. The molecule has 5 nitrogen and oxygen atoms in total. The molecule has 0 unspecified atom stereocenters. The molecule has 0 saturated heterocycles. The summed E-state index contributed by atoms with van der Waals surface area (Å²) in [4.78, 5) is 9.85. The van der Waals surface area contributed by atoms with Crippen LogP contribution in [0.2, 0.25) is 5.28 Å². The molecule has 0 saturated carbocycles. The van der Waals surface area contributed by atoms with Gasteiger partial charge in [0, 0.05) is 11.1 Å². The van der Waals surface area contributed by atoms with Gasteiger partial charge < -0.3 is 0 Å². The molecule has 0 aliphatic carbocycles. The standard InChI is InChI=1S/C4HBrClN5/c5-2-1-8-4(6)9-3(2)10-11-7/h1H. The first-order chi connectivity index (χ1) is 5.24. The van der Waals surface area contributed by atoms with Crippen LogP contribution in [0, 0.1) is 0 Å². The van der Waals surface area contributed by atoms with Gasteiger partial charge in [-0.25, -0.2) is 9.97 Å².